The molecule has 1 fully saturated rings. The highest BCUT2D eigenvalue weighted by molar-refractivity contribution is 5.71. The predicted octanol–water partition coefficient (Wildman–Crippen LogP) is 2.74. The molecule has 1 aromatic rings. The number of hydrogen-bond donors (Lipinski definition) is 1. The Morgan fingerprint density at radius 1 is 1.24 bits per heavy atom. The maximum absolute atomic E-state index is 12.2. The van der Waals surface area contributed by atoms with Crippen LogP contribution < -0.4 is 0 Å². The number of aliphatic hydroxyl groups excluding tert-OH is 1. The minimum absolute atomic E-state index is 0.0842. The highest BCUT2D eigenvalue weighted by atomic mass is 16.6. The lowest BCUT2D eigenvalue weighted by atomic mass is 9.92. The molecule has 1 aliphatic heterocycles. The zero-order valence-electron chi connectivity index (χ0n) is 15.1. The van der Waals surface area contributed by atoms with Crippen LogP contribution in [-0.2, 0) is 20.9 Å². The Morgan fingerprint density at radius 3 is 2.56 bits per heavy atom. The quantitative estimate of drug-likeness (QED) is 0.846. The average Bonchev–Trinajstić information content (AvgIpc) is 2.54. The van der Waals surface area contributed by atoms with E-state index in [0.29, 0.717) is 13.0 Å². The molecule has 0 bridgehead atoms. The van der Waals surface area contributed by atoms with Gasteiger partial charge in [0.25, 0.3) is 0 Å². The molecular weight excluding hydrogens is 322 g/mol. The van der Waals surface area contributed by atoms with Gasteiger partial charge in [-0.15, -0.1) is 0 Å². The Kier molecular flexibility index (Phi) is 6.42. The molecule has 2 atom stereocenters. The van der Waals surface area contributed by atoms with Crippen LogP contribution in [-0.4, -0.2) is 46.9 Å². The molecule has 1 N–H and O–H groups in total. The third kappa shape index (κ3) is 6.38. The third-order valence-electron chi connectivity index (χ3n) is 4.01. The number of likely N-dealkylation sites (tertiary alicyclic amines) is 1. The third-order valence-corrected chi connectivity index (χ3v) is 4.01. The first kappa shape index (κ1) is 19.2. The molecule has 1 aliphatic rings. The van der Waals surface area contributed by atoms with Gasteiger partial charge in [-0.25, -0.2) is 4.79 Å². The molecule has 6 heteroatoms. The van der Waals surface area contributed by atoms with E-state index in [1.165, 1.54) is 0 Å². The molecular formula is C19H27NO5. The molecule has 6 nitrogen and oxygen atoms in total. The number of hydrogen-bond acceptors (Lipinski definition) is 5. The van der Waals surface area contributed by atoms with Crippen LogP contribution in [0.15, 0.2) is 30.3 Å². The predicted molar refractivity (Wildman–Crippen MR) is 92.8 cm³/mol. The second-order valence-electron chi connectivity index (χ2n) is 7.39. The number of amides is 1. The number of carbonyl (C=O) groups excluding carboxylic acids is 2. The van der Waals surface area contributed by atoms with E-state index < -0.39 is 17.8 Å². The van der Waals surface area contributed by atoms with Gasteiger partial charge in [0.05, 0.1) is 12.5 Å². The van der Waals surface area contributed by atoms with Crippen LogP contribution >= 0.6 is 0 Å². The molecule has 0 saturated carbocycles. The van der Waals surface area contributed by atoms with E-state index in [4.69, 9.17) is 9.47 Å². The summed E-state index contributed by atoms with van der Waals surface area (Å²) >= 11 is 0. The molecule has 0 spiro atoms. The minimum Gasteiger partial charge on any atom is -0.460 e. The molecule has 1 saturated heterocycles. The SMILES string of the molecule is CC(C)(C)OC(=O)C[C@@H]1CN(C(=O)OCc2ccccc2)CC[C@H]1O. The topological polar surface area (TPSA) is 76.1 Å². The van der Waals surface area contributed by atoms with E-state index in [2.05, 4.69) is 0 Å². The van der Waals surface area contributed by atoms with Gasteiger partial charge in [-0.2, -0.15) is 0 Å². The van der Waals surface area contributed by atoms with Crippen molar-refractivity contribution in [2.24, 2.45) is 5.92 Å². The fourth-order valence-electron chi connectivity index (χ4n) is 2.79. The van der Waals surface area contributed by atoms with Gasteiger partial charge in [-0.1, -0.05) is 30.3 Å². The van der Waals surface area contributed by atoms with Crippen molar-refractivity contribution in [2.45, 2.75) is 51.9 Å². The lowest BCUT2D eigenvalue weighted by Crippen LogP contribution is -2.47. The smallest absolute Gasteiger partial charge is 0.410 e. The minimum atomic E-state index is -0.620. The summed E-state index contributed by atoms with van der Waals surface area (Å²) in [5.74, 6) is -0.705. The second kappa shape index (κ2) is 8.34. The molecule has 1 heterocycles. The van der Waals surface area contributed by atoms with Crippen LogP contribution in [0.4, 0.5) is 4.79 Å². The van der Waals surface area contributed by atoms with Gasteiger partial charge >= 0.3 is 12.1 Å². The first-order chi connectivity index (χ1) is 11.7. The second-order valence-corrected chi connectivity index (χ2v) is 7.39. The first-order valence-electron chi connectivity index (χ1n) is 8.60. The normalized spacial score (nSPS) is 20.9. The van der Waals surface area contributed by atoms with Crippen LogP contribution in [0.3, 0.4) is 0 Å². The van der Waals surface area contributed by atoms with Crippen molar-refractivity contribution in [3.63, 3.8) is 0 Å². The van der Waals surface area contributed by atoms with Gasteiger partial charge in [0.1, 0.15) is 12.2 Å². The molecule has 1 amide bonds. The van der Waals surface area contributed by atoms with Crippen LogP contribution in [0.2, 0.25) is 0 Å². The molecule has 1 aromatic carbocycles. The summed E-state index contributed by atoms with van der Waals surface area (Å²) in [6, 6.07) is 9.45. The van der Waals surface area contributed by atoms with Crippen molar-refractivity contribution >= 4 is 12.1 Å². The van der Waals surface area contributed by atoms with Crippen molar-refractivity contribution in [1.29, 1.82) is 0 Å². The number of piperidine rings is 1. The van der Waals surface area contributed by atoms with E-state index >= 15 is 0 Å². The molecule has 0 aromatic heterocycles. The van der Waals surface area contributed by atoms with Crippen molar-refractivity contribution in [2.75, 3.05) is 13.1 Å². The Labute approximate surface area is 148 Å². The summed E-state index contributed by atoms with van der Waals surface area (Å²) in [6.45, 7) is 6.31. The number of esters is 1. The van der Waals surface area contributed by atoms with Gasteiger partial charge in [0.2, 0.25) is 0 Å². The van der Waals surface area contributed by atoms with Crippen LogP contribution in [0.5, 0.6) is 0 Å². The Hall–Kier alpha value is -2.08. The van der Waals surface area contributed by atoms with E-state index in [1.54, 1.807) is 25.7 Å². The molecule has 25 heavy (non-hydrogen) atoms. The van der Waals surface area contributed by atoms with E-state index in [1.807, 2.05) is 30.3 Å². The maximum Gasteiger partial charge on any atom is 0.410 e. The maximum atomic E-state index is 12.2. The fourth-order valence-corrected chi connectivity index (χ4v) is 2.79. The summed E-state index contributed by atoms with van der Waals surface area (Å²) < 4.78 is 10.6. The van der Waals surface area contributed by atoms with E-state index in [-0.39, 0.29) is 31.5 Å². The average molecular weight is 349 g/mol. The lowest BCUT2D eigenvalue weighted by Gasteiger charge is -2.35. The Morgan fingerprint density at radius 2 is 1.92 bits per heavy atom. The number of ether oxygens (including phenoxy) is 2. The van der Waals surface area contributed by atoms with Gasteiger partial charge in [0, 0.05) is 19.0 Å². The fraction of sp³-hybridized carbons (Fsp3) is 0.579. The number of nitrogens with zero attached hydrogens (tertiary/aromatic N) is 1. The molecule has 2 rings (SSSR count). The summed E-state index contributed by atoms with van der Waals surface area (Å²) in [6.07, 6.45) is -0.537. The van der Waals surface area contributed by atoms with Crippen molar-refractivity contribution in [3.05, 3.63) is 35.9 Å². The van der Waals surface area contributed by atoms with Crippen molar-refractivity contribution < 1.29 is 24.2 Å². The van der Waals surface area contributed by atoms with Crippen LogP contribution in [0.25, 0.3) is 0 Å². The van der Waals surface area contributed by atoms with Crippen molar-refractivity contribution in [3.8, 4) is 0 Å². The zero-order valence-corrected chi connectivity index (χ0v) is 15.1. The molecule has 0 radical (unpaired) electrons. The Balaban J connectivity index is 1.86. The van der Waals surface area contributed by atoms with Crippen LogP contribution in [0.1, 0.15) is 39.2 Å². The molecule has 0 aliphatic carbocycles. The van der Waals surface area contributed by atoms with Gasteiger partial charge < -0.3 is 19.5 Å². The molecule has 0 unspecified atom stereocenters. The summed E-state index contributed by atoms with van der Waals surface area (Å²) in [5.41, 5.74) is 0.351. The largest absolute Gasteiger partial charge is 0.460 e. The number of aliphatic hydroxyl groups is 1. The van der Waals surface area contributed by atoms with E-state index in [0.717, 1.165) is 5.56 Å². The highest BCUT2D eigenvalue weighted by Crippen LogP contribution is 2.23. The number of rotatable bonds is 4. The summed E-state index contributed by atoms with van der Waals surface area (Å²) in [7, 11) is 0. The monoisotopic (exact) mass is 349 g/mol. The number of benzene rings is 1. The zero-order chi connectivity index (χ0) is 18.4. The van der Waals surface area contributed by atoms with Gasteiger partial charge in [0.15, 0.2) is 0 Å². The first-order valence-corrected chi connectivity index (χ1v) is 8.60. The molecule has 138 valence electrons. The van der Waals surface area contributed by atoms with Crippen molar-refractivity contribution in [1.82, 2.24) is 4.90 Å². The summed E-state index contributed by atoms with van der Waals surface area (Å²) in [5, 5.41) is 10.1. The number of carbonyl (C=O) groups is 2. The Bertz CT molecular complexity index is 581. The standard InChI is InChI=1S/C19H27NO5/c1-19(2,3)25-17(22)11-15-12-20(10-9-16(15)21)18(23)24-13-14-7-5-4-6-8-14/h4-8,15-16,21H,9-13H2,1-3H3/t15-,16-/m1/s1. The lowest BCUT2D eigenvalue weighted by molar-refractivity contribution is -0.157. The van der Waals surface area contributed by atoms with Gasteiger partial charge in [-0.05, 0) is 32.8 Å². The van der Waals surface area contributed by atoms with E-state index in [9.17, 15) is 14.7 Å². The summed E-state index contributed by atoms with van der Waals surface area (Å²) in [4.78, 5) is 25.8. The van der Waals surface area contributed by atoms with Crippen LogP contribution in [0, 0.1) is 5.92 Å². The highest BCUT2D eigenvalue weighted by Gasteiger charge is 2.33. The van der Waals surface area contributed by atoms with Gasteiger partial charge in [-0.3, -0.25) is 4.79 Å².